The molecule has 2 N–H and O–H groups in total. The molecule has 7 nitrogen and oxygen atoms in total. The number of methoxy groups -OCH3 is 1. The number of carbonyl (C=O) groups excluding carboxylic acids is 2. The van der Waals surface area contributed by atoms with Crippen LogP contribution in [0.2, 0.25) is 0 Å². The van der Waals surface area contributed by atoms with Crippen LogP contribution < -0.4 is 25.0 Å². The lowest BCUT2D eigenvalue weighted by atomic mass is 10.1. The van der Waals surface area contributed by atoms with Crippen LogP contribution in [-0.2, 0) is 0 Å². The average Bonchev–Trinajstić information content (AvgIpc) is 3.09. The van der Waals surface area contributed by atoms with Gasteiger partial charge < -0.3 is 20.1 Å². The maximum absolute atomic E-state index is 12.7. The molecule has 0 aromatic heterocycles. The van der Waals surface area contributed by atoms with E-state index in [0.717, 1.165) is 5.69 Å². The third kappa shape index (κ3) is 4.16. The van der Waals surface area contributed by atoms with E-state index in [1.165, 1.54) is 7.11 Å². The molecule has 1 heterocycles. The van der Waals surface area contributed by atoms with Crippen LogP contribution >= 0.6 is 15.9 Å². The Hall–Kier alpha value is -2.74. The minimum absolute atomic E-state index is 0.140. The Morgan fingerprint density at radius 3 is 2.81 bits per heavy atom. The van der Waals surface area contributed by atoms with Gasteiger partial charge in [-0.15, -0.1) is 0 Å². The predicted octanol–water partition coefficient (Wildman–Crippen LogP) is 3.64. The standard InChI is InChI=1S/C19H20BrN3O4/c1-3-27-17-15(20)9-12(10-16(17)26-2)18(24)22-13-5-4-6-14(11-13)23-8-7-21-19(23)25/h4-6,9-11H,3,7-8H2,1-2H3,(H,21,25)(H,22,24). The number of hydrogen-bond donors (Lipinski definition) is 2. The van der Waals surface area contributed by atoms with Crippen molar-refractivity contribution < 1.29 is 19.1 Å². The van der Waals surface area contributed by atoms with E-state index in [1.54, 1.807) is 35.2 Å². The first-order chi connectivity index (χ1) is 13.0. The van der Waals surface area contributed by atoms with Crippen LogP contribution in [0.15, 0.2) is 40.9 Å². The van der Waals surface area contributed by atoms with Crippen LogP contribution in [0.1, 0.15) is 17.3 Å². The van der Waals surface area contributed by atoms with E-state index < -0.39 is 0 Å². The number of nitrogens with zero attached hydrogens (tertiary/aromatic N) is 1. The van der Waals surface area contributed by atoms with Gasteiger partial charge in [-0.05, 0) is 53.2 Å². The molecular formula is C19H20BrN3O4. The lowest BCUT2D eigenvalue weighted by molar-refractivity contribution is 0.102. The molecule has 3 amide bonds. The van der Waals surface area contributed by atoms with Gasteiger partial charge in [0.15, 0.2) is 11.5 Å². The molecule has 8 heteroatoms. The molecule has 0 atom stereocenters. The van der Waals surface area contributed by atoms with Gasteiger partial charge in [-0.2, -0.15) is 0 Å². The van der Waals surface area contributed by atoms with Crippen LogP contribution in [-0.4, -0.2) is 38.7 Å². The number of halogens is 1. The van der Waals surface area contributed by atoms with Crippen molar-refractivity contribution in [3.8, 4) is 11.5 Å². The molecule has 1 aliphatic heterocycles. The first-order valence-corrected chi connectivity index (χ1v) is 9.30. The zero-order valence-electron chi connectivity index (χ0n) is 15.0. The van der Waals surface area contributed by atoms with Crippen LogP contribution in [0.3, 0.4) is 0 Å². The third-order valence-corrected chi connectivity index (χ3v) is 4.64. The molecule has 1 aliphatic rings. The predicted molar refractivity (Wildman–Crippen MR) is 107 cm³/mol. The molecule has 0 spiro atoms. The average molecular weight is 434 g/mol. The second kappa shape index (κ2) is 8.30. The van der Waals surface area contributed by atoms with Crippen LogP contribution in [0.5, 0.6) is 11.5 Å². The summed E-state index contributed by atoms with van der Waals surface area (Å²) >= 11 is 3.42. The Balaban J connectivity index is 1.81. The summed E-state index contributed by atoms with van der Waals surface area (Å²) < 4.78 is 11.5. The molecule has 0 radical (unpaired) electrons. The second-order valence-corrected chi connectivity index (χ2v) is 6.66. The first-order valence-electron chi connectivity index (χ1n) is 8.50. The summed E-state index contributed by atoms with van der Waals surface area (Å²) in [7, 11) is 1.52. The van der Waals surface area contributed by atoms with Crippen molar-refractivity contribution in [3.63, 3.8) is 0 Å². The van der Waals surface area contributed by atoms with Crippen LogP contribution in [0, 0.1) is 0 Å². The van der Waals surface area contributed by atoms with Gasteiger partial charge in [-0.1, -0.05) is 6.07 Å². The van der Waals surface area contributed by atoms with E-state index in [2.05, 4.69) is 26.6 Å². The molecular weight excluding hydrogens is 414 g/mol. The molecule has 0 saturated carbocycles. The Morgan fingerprint density at radius 2 is 2.15 bits per heavy atom. The van der Waals surface area contributed by atoms with E-state index in [9.17, 15) is 9.59 Å². The van der Waals surface area contributed by atoms with Crippen molar-refractivity contribution in [1.82, 2.24) is 5.32 Å². The van der Waals surface area contributed by atoms with Crippen molar-refractivity contribution in [1.29, 1.82) is 0 Å². The SMILES string of the molecule is CCOc1c(Br)cc(C(=O)Nc2cccc(N3CCNC3=O)c2)cc1OC. The summed E-state index contributed by atoms with van der Waals surface area (Å²) in [5.41, 5.74) is 1.75. The van der Waals surface area contributed by atoms with Gasteiger partial charge in [0.1, 0.15) is 0 Å². The summed E-state index contributed by atoms with van der Waals surface area (Å²) in [5.74, 6) is 0.734. The number of hydrogen-bond acceptors (Lipinski definition) is 4. The topological polar surface area (TPSA) is 79.9 Å². The minimum Gasteiger partial charge on any atom is -0.493 e. The minimum atomic E-state index is -0.292. The molecule has 0 aliphatic carbocycles. The van der Waals surface area contributed by atoms with E-state index in [4.69, 9.17) is 9.47 Å². The van der Waals surface area contributed by atoms with Crippen molar-refractivity contribution in [3.05, 3.63) is 46.4 Å². The van der Waals surface area contributed by atoms with Gasteiger partial charge >= 0.3 is 6.03 Å². The Labute approximate surface area is 165 Å². The Bertz CT molecular complexity index is 872. The number of urea groups is 1. The fourth-order valence-corrected chi connectivity index (χ4v) is 3.36. The molecule has 0 unspecified atom stereocenters. The van der Waals surface area contributed by atoms with Crippen molar-refractivity contribution >= 4 is 39.2 Å². The number of rotatable bonds is 6. The summed E-state index contributed by atoms with van der Waals surface area (Å²) in [6.07, 6.45) is 0. The highest BCUT2D eigenvalue weighted by Gasteiger charge is 2.21. The van der Waals surface area contributed by atoms with Crippen LogP contribution in [0.25, 0.3) is 0 Å². The molecule has 1 fully saturated rings. The molecule has 2 aromatic carbocycles. The quantitative estimate of drug-likeness (QED) is 0.728. The molecule has 1 saturated heterocycles. The number of benzene rings is 2. The Kier molecular flexibility index (Phi) is 5.85. The number of anilines is 2. The van der Waals surface area contributed by atoms with Crippen LogP contribution in [0.4, 0.5) is 16.2 Å². The summed E-state index contributed by atoms with van der Waals surface area (Å²) in [6, 6.07) is 10.3. The molecule has 3 rings (SSSR count). The summed E-state index contributed by atoms with van der Waals surface area (Å²) in [5, 5.41) is 5.61. The normalized spacial score (nSPS) is 13.3. The fraction of sp³-hybridized carbons (Fsp3) is 0.263. The summed E-state index contributed by atoms with van der Waals surface area (Å²) in [6.45, 7) is 3.56. The van der Waals surface area contributed by atoms with Gasteiger partial charge in [0.05, 0.1) is 18.2 Å². The molecule has 2 aromatic rings. The van der Waals surface area contributed by atoms with Gasteiger partial charge in [-0.25, -0.2) is 4.79 Å². The lowest BCUT2D eigenvalue weighted by Gasteiger charge is -2.16. The highest BCUT2D eigenvalue weighted by molar-refractivity contribution is 9.10. The van der Waals surface area contributed by atoms with E-state index in [-0.39, 0.29) is 11.9 Å². The van der Waals surface area contributed by atoms with E-state index in [1.807, 2.05) is 13.0 Å². The number of carbonyl (C=O) groups is 2. The Morgan fingerprint density at radius 1 is 1.33 bits per heavy atom. The smallest absolute Gasteiger partial charge is 0.321 e. The number of ether oxygens (including phenoxy) is 2. The third-order valence-electron chi connectivity index (χ3n) is 4.05. The van der Waals surface area contributed by atoms with Gasteiger partial charge in [-0.3, -0.25) is 9.69 Å². The van der Waals surface area contributed by atoms with E-state index >= 15 is 0 Å². The van der Waals surface area contributed by atoms with Gasteiger partial charge in [0.25, 0.3) is 5.91 Å². The number of nitrogens with one attached hydrogen (secondary N) is 2. The highest BCUT2D eigenvalue weighted by Crippen LogP contribution is 2.37. The van der Waals surface area contributed by atoms with Crippen molar-refractivity contribution in [2.75, 3.05) is 37.0 Å². The molecule has 142 valence electrons. The zero-order valence-corrected chi connectivity index (χ0v) is 16.6. The highest BCUT2D eigenvalue weighted by atomic mass is 79.9. The zero-order chi connectivity index (χ0) is 19.4. The lowest BCUT2D eigenvalue weighted by Crippen LogP contribution is -2.27. The largest absolute Gasteiger partial charge is 0.493 e. The maximum atomic E-state index is 12.7. The molecule has 0 bridgehead atoms. The maximum Gasteiger partial charge on any atom is 0.321 e. The van der Waals surface area contributed by atoms with Gasteiger partial charge in [0.2, 0.25) is 0 Å². The molecule has 27 heavy (non-hydrogen) atoms. The van der Waals surface area contributed by atoms with Crippen molar-refractivity contribution in [2.45, 2.75) is 6.92 Å². The summed E-state index contributed by atoms with van der Waals surface area (Å²) in [4.78, 5) is 26.1. The monoisotopic (exact) mass is 433 g/mol. The number of amides is 3. The van der Waals surface area contributed by atoms with Crippen molar-refractivity contribution in [2.24, 2.45) is 0 Å². The first kappa shape index (κ1) is 19.0. The second-order valence-electron chi connectivity index (χ2n) is 5.81. The fourth-order valence-electron chi connectivity index (χ4n) is 2.81. The van der Waals surface area contributed by atoms with Gasteiger partial charge in [0, 0.05) is 30.0 Å². The van der Waals surface area contributed by atoms with E-state index in [0.29, 0.717) is 46.9 Å².